The Hall–Kier alpha value is -1.26. The second-order valence-corrected chi connectivity index (χ2v) is 8.29. The molecule has 1 saturated heterocycles. The van der Waals surface area contributed by atoms with E-state index < -0.39 is 0 Å². The Balaban J connectivity index is 0.00000341. The summed E-state index contributed by atoms with van der Waals surface area (Å²) < 4.78 is 5.25. The van der Waals surface area contributed by atoms with Gasteiger partial charge in [0.15, 0.2) is 5.96 Å². The number of piperazine rings is 1. The summed E-state index contributed by atoms with van der Waals surface area (Å²) in [5, 5.41) is 16.6. The smallest absolute Gasteiger partial charge is 0.191 e. The van der Waals surface area contributed by atoms with Crippen molar-refractivity contribution in [2.45, 2.75) is 51.2 Å². The zero-order valence-electron chi connectivity index (χ0n) is 19.1. The first-order valence-electron chi connectivity index (χ1n) is 11.5. The average molecular weight is 546 g/mol. The van der Waals surface area contributed by atoms with Crippen LogP contribution < -0.4 is 20.3 Å². The van der Waals surface area contributed by atoms with Gasteiger partial charge in [-0.25, -0.2) is 0 Å². The Labute approximate surface area is 204 Å². The Morgan fingerprint density at radius 3 is 2.39 bits per heavy atom. The van der Waals surface area contributed by atoms with Gasteiger partial charge in [0.1, 0.15) is 5.75 Å². The van der Waals surface area contributed by atoms with Gasteiger partial charge in [-0.15, -0.1) is 24.0 Å². The molecule has 0 aromatic heterocycles. The van der Waals surface area contributed by atoms with Crippen molar-refractivity contribution in [1.82, 2.24) is 15.5 Å². The fourth-order valence-electron chi connectivity index (χ4n) is 4.24. The molecule has 0 unspecified atom stereocenters. The number of anilines is 1. The maximum absolute atomic E-state index is 9.68. The molecule has 1 aliphatic heterocycles. The number of aliphatic imine (C=N–C) groups is 1. The molecule has 1 saturated carbocycles. The molecule has 0 spiro atoms. The van der Waals surface area contributed by atoms with Gasteiger partial charge in [-0.1, -0.05) is 0 Å². The van der Waals surface area contributed by atoms with Gasteiger partial charge < -0.3 is 25.4 Å². The number of nitrogens with one attached hydrogen (secondary N) is 2. The molecule has 3 N–H and O–H groups in total. The van der Waals surface area contributed by atoms with E-state index >= 15 is 0 Å². The molecule has 3 rings (SSSR count). The zero-order valence-corrected chi connectivity index (χ0v) is 21.4. The largest absolute Gasteiger partial charge is 0.497 e. The van der Waals surface area contributed by atoms with E-state index in [1.54, 1.807) is 7.11 Å². The van der Waals surface area contributed by atoms with E-state index in [2.05, 4.69) is 39.5 Å². The van der Waals surface area contributed by atoms with Crippen molar-refractivity contribution in [3.05, 3.63) is 24.3 Å². The maximum Gasteiger partial charge on any atom is 0.191 e. The van der Waals surface area contributed by atoms with E-state index in [0.717, 1.165) is 89.6 Å². The van der Waals surface area contributed by atoms with Crippen molar-refractivity contribution in [2.75, 3.05) is 57.8 Å². The number of nitrogens with zero attached hydrogens (tertiary/aromatic N) is 3. The van der Waals surface area contributed by atoms with Crippen molar-refractivity contribution >= 4 is 35.6 Å². The molecule has 2 aliphatic rings. The Kier molecular flexibility index (Phi) is 11.7. The third kappa shape index (κ3) is 8.65. The monoisotopic (exact) mass is 545 g/mol. The highest BCUT2D eigenvalue weighted by atomic mass is 127. The summed E-state index contributed by atoms with van der Waals surface area (Å²) >= 11 is 0. The molecule has 1 aromatic rings. The van der Waals surface area contributed by atoms with Crippen LogP contribution in [0.1, 0.15) is 39.0 Å². The van der Waals surface area contributed by atoms with Crippen molar-refractivity contribution in [3.8, 4) is 5.75 Å². The lowest BCUT2D eigenvalue weighted by Crippen LogP contribution is -2.47. The molecule has 0 amide bonds. The summed E-state index contributed by atoms with van der Waals surface area (Å²) in [6, 6.07) is 8.78. The summed E-state index contributed by atoms with van der Waals surface area (Å²) in [6.45, 7) is 9.22. The number of guanidine groups is 1. The van der Waals surface area contributed by atoms with Crippen LogP contribution in [0, 0.1) is 0 Å². The van der Waals surface area contributed by atoms with Gasteiger partial charge in [-0.05, 0) is 63.3 Å². The maximum atomic E-state index is 9.68. The fourth-order valence-corrected chi connectivity index (χ4v) is 4.24. The van der Waals surface area contributed by atoms with Crippen LogP contribution in [0.4, 0.5) is 5.69 Å². The van der Waals surface area contributed by atoms with Crippen molar-refractivity contribution in [3.63, 3.8) is 0 Å². The standard InChI is InChI=1S/C23H39N5O2.HI/c1-3-24-23(26-19-5-9-21(29)10-6-19)25-13-4-14-27-15-17-28(18-16-27)20-7-11-22(30-2)12-8-20;/h7-8,11-12,19,21,29H,3-6,9-10,13-18H2,1-2H3,(H2,24,25,26);1H. The second-order valence-electron chi connectivity index (χ2n) is 8.29. The summed E-state index contributed by atoms with van der Waals surface area (Å²) in [5.41, 5.74) is 1.27. The topological polar surface area (TPSA) is 72.4 Å². The molecule has 176 valence electrons. The summed E-state index contributed by atoms with van der Waals surface area (Å²) in [4.78, 5) is 9.76. The van der Waals surface area contributed by atoms with Gasteiger partial charge in [0.2, 0.25) is 0 Å². The van der Waals surface area contributed by atoms with Gasteiger partial charge in [-0.3, -0.25) is 9.89 Å². The van der Waals surface area contributed by atoms with Gasteiger partial charge >= 0.3 is 0 Å². The molecule has 1 aromatic carbocycles. The SMILES string of the molecule is CCNC(=NCCCN1CCN(c2ccc(OC)cc2)CC1)NC1CCC(O)CC1.I. The van der Waals surface area contributed by atoms with Crippen molar-refractivity contribution < 1.29 is 9.84 Å². The minimum absolute atomic E-state index is 0. The first kappa shape index (κ1) is 26.0. The summed E-state index contributed by atoms with van der Waals surface area (Å²) in [7, 11) is 1.70. The van der Waals surface area contributed by atoms with E-state index in [1.165, 1.54) is 5.69 Å². The number of benzene rings is 1. The first-order valence-corrected chi connectivity index (χ1v) is 11.5. The highest BCUT2D eigenvalue weighted by Gasteiger charge is 2.20. The minimum atomic E-state index is -0.118. The number of methoxy groups -OCH3 is 1. The third-order valence-electron chi connectivity index (χ3n) is 6.09. The van der Waals surface area contributed by atoms with E-state index in [0.29, 0.717) is 6.04 Å². The Bertz CT molecular complexity index is 642. The number of rotatable bonds is 8. The number of hydrogen-bond donors (Lipinski definition) is 3. The highest BCUT2D eigenvalue weighted by molar-refractivity contribution is 14.0. The van der Waals surface area contributed by atoms with Crippen molar-refractivity contribution in [1.29, 1.82) is 0 Å². The lowest BCUT2D eigenvalue weighted by Gasteiger charge is -2.36. The molecule has 0 atom stereocenters. The molecule has 31 heavy (non-hydrogen) atoms. The van der Waals surface area contributed by atoms with Crippen LogP contribution >= 0.6 is 24.0 Å². The van der Waals surface area contributed by atoms with Crippen molar-refractivity contribution in [2.24, 2.45) is 4.99 Å². The quantitative estimate of drug-likeness (QED) is 0.202. The van der Waals surface area contributed by atoms with Crippen LogP contribution in [0.3, 0.4) is 0 Å². The molecule has 1 aliphatic carbocycles. The molecule has 2 fully saturated rings. The number of halogens is 1. The number of aliphatic hydroxyl groups excluding tert-OH is 1. The van der Waals surface area contributed by atoms with Gasteiger partial charge in [0.25, 0.3) is 0 Å². The number of aliphatic hydroxyl groups is 1. The molecular formula is C23H40IN5O2. The number of hydrogen-bond acceptors (Lipinski definition) is 5. The van der Waals surface area contributed by atoms with Crippen LogP contribution in [0.5, 0.6) is 5.75 Å². The van der Waals surface area contributed by atoms with E-state index in [4.69, 9.17) is 9.73 Å². The van der Waals surface area contributed by atoms with Crippen LogP contribution in [-0.4, -0.2) is 81.0 Å². The summed E-state index contributed by atoms with van der Waals surface area (Å²) in [5.74, 6) is 1.83. The Morgan fingerprint density at radius 2 is 1.77 bits per heavy atom. The molecule has 7 nitrogen and oxygen atoms in total. The van der Waals surface area contributed by atoms with Gasteiger partial charge in [0.05, 0.1) is 13.2 Å². The number of ether oxygens (including phenoxy) is 1. The normalized spacial score (nSPS) is 22.5. The summed E-state index contributed by atoms with van der Waals surface area (Å²) in [6.07, 6.45) is 4.77. The van der Waals surface area contributed by atoms with Crippen LogP contribution in [0.15, 0.2) is 29.3 Å². The van der Waals surface area contributed by atoms with E-state index in [1.807, 2.05) is 12.1 Å². The van der Waals surface area contributed by atoms with Gasteiger partial charge in [-0.2, -0.15) is 0 Å². The molecular weight excluding hydrogens is 505 g/mol. The third-order valence-corrected chi connectivity index (χ3v) is 6.09. The molecule has 0 radical (unpaired) electrons. The Morgan fingerprint density at radius 1 is 1.10 bits per heavy atom. The van der Waals surface area contributed by atoms with E-state index in [9.17, 15) is 5.11 Å². The average Bonchev–Trinajstić information content (AvgIpc) is 2.79. The fraction of sp³-hybridized carbons (Fsp3) is 0.696. The van der Waals surface area contributed by atoms with Crippen LogP contribution in [0.25, 0.3) is 0 Å². The highest BCUT2D eigenvalue weighted by Crippen LogP contribution is 2.20. The van der Waals surface area contributed by atoms with E-state index in [-0.39, 0.29) is 30.1 Å². The van der Waals surface area contributed by atoms with Gasteiger partial charge in [0, 0.05) is 57.5 Å². The molecule has 1 heterocycles. The lowest BCUT2D eigenvalue weighted by molar-refractivity contribution is 0.120. The predicted octanol–water partition coefficient (Wildman–Crippen LogP) is 2.68. The van der Waals surface area contributed by atoms with Crippen LogP contribution in [0.2, 0.25) is 0 Å². The lowest BCUT2D eigenvalue weighted by atomic mass is 9.93. The van der Waals surface area contributed by atoms with Crippen LogP contribution in [-0.2, 0) is 0 Å². The molecule has 0 bridgehead atoms. The first-order chi connectivity index (χ1) is 14.7. The predicted molar refractivity (Wildman–Crippen MR) is 139 cm³/mol. The molecule has 8 heteroatoms. The minimum Gasteiger partial charge on any atom is -0.497 e. The second kappa shape index (κ2) is 14.0. The zero-order chi connectivity index (χ0) is 21.2.